The number of nitrogens with zero attached hydrogens (tertiary/aromatic N) is 2. The minimum absolute atomic E-state index is 0.383. The van der Waals surface area contributed by atoms with E-state index in [0.29, 0.717) is 5.02 Å². The quantitative estimate of drug-likeness (QED) is 0.864. The summed E-state index contributed by atoms with van der Waals surface area (Å²) >= 11 is 9.12. The van der Waals surface area contributed by atoms with Gasteiger partial charge in [-0.1, -0.05) is 11.6 Å². The third kappa shape index (κ3) is 1.73. The van der Waals surface area contributed by atoms with E-state index < -0.39 is 0 Å². The minimum atomic E-state index is -0.383. The molecule has 0 aliphatic carbocycles. The van der Waals surface area contributed by atoms with Gasteiger partial charge in [0.2, 0.25) is 0 Å². The second-order valence-corrected chi connectivity index (χ2v) is 3.92. The molecule has 14 heavy (non-hydrogen) atoms. The zero-order valence-corrected chi connectivity index (χ0v) is 9.21. The Bertz CT molecular complexity index is 519. The minimum Gasteiger partial charge on any atom is -0.244 e. The smallest absolute Gasteiger partial charge is 0.244 e. The molecule has 6 heteroatoms. The van der Waals surface area contributed by atoms with Gasteiger partial charge >= 0.3 is 5.69 Å². The van der Waals surface area contributed by atoms with Crippen LogP contribution in [0.15, 0.2) is 33.8 Å². The van der Waals surface area contributed by atoms with Crippen LogP contribution in [0.3, 0.4) is 0 Å². The molecule has 0 aliphatic heterocycles. The largest absolute Gasteiger partial charge is 0.361 e. The first-order chi connectivity index (χ1) is 6.66. The molecule has 0 radical (unpaired) electrons. The lowest BCUT2D eigenvalue weighted by atomic mass is 10.3. The summed E-state index contributed by atoms with van der Waals surface area (Å²) in [4.78, 5) is 14.4. The number of H-pyrrole nitrogens is 1. The van der Waals surface area contributed by atoms with Crippen LogP contribution in [-0.2, 0) is 0 Å². The summed E-state index contributed by atoms with van der Waals surface area (Å²) in [5.41, 5.74) is 0.399. The Morgan fingerprint density at radius 1 is 1.50 bits per heavy atom. The normalized spacial score (nSPS) is 10.4. The van der Waals surface area contributed by atoms with E-state index in [9.17, 15) is 4.79 Å². The highest BCUT2D eigenvalue weighted by Gasteiger charge is 2.03. The van der Waals surface area contributed by atoms with Gasteiger partial charge in [0.1, 0.15) is 6.33 Å². The lowest BCUT2D eigenvalue weighted by Crippen LogP contribution is -2.05. The van der Waals surface area contributed by atoms with Gasteiger partial charge in [-0.25, -0.2) is 14.6 Å². The lowest BCUT2D eigenvalue weighted by Gasteiger charge is -2.03. The third-order valence-corrected chi connectivity index (χ3v) is 2.55. The molecule has 0 atom stereocenters. The molecule has 1 aromatic carbocycles. The van der Waals surface area contributed by atoms with Gasteiger partial charge in [-0.2, -0.15) is 4.98 Å². The van der Waals surface area contributed by atoms with E-state index >= 15 is 0 Å². The maximum absolute atomic E-state index is 10.8. The first kappa shape index (κ1) is 9.48. The highest BCUT2D eigenvalue weighted by molar-refractivity contribution is 9.10. The second-order valence-electron chi connectivity index (χ2n) is 2.63. The van der Waals surface area contributed by atoms with E-state index in [1.807, 2.05) is 0 Å². The Labute approximate surface area is 92.6 Å². The highest BCUT2D eigenvalue weighted by atomic mass is 79.9. The summed E-state index contributed by atoms with van der Waals surface area (Å²) in [7, 11) is 0. The van der Waals surface area contributed by atoms with E-state index in [2.05, 4.69) is 26.0 Å². The number of hydrogen-bond donors (Lipinski definition) is 1. The second kappa shape index (κ2) is 3.59. The van der Waals surface area contributed by atoms with Gasteiger partial charge < -0.3 is 0 Å². The Balaban J connectivity index is 2.57. The number of nitrogens with one attached hydrogen (secondary N) is 1. The Morgan fingerprint density at radius 3 is 2.86 bits per heavy atom. The lowest BCUT2D eigenvalue weighted by molar-refractivity contribution is 0.860. The van der Waals surface area contributed by atoms with Crippen LogP contribution in [-0.4, -0.2) is 14.8 Å². The summed E-state index contributed by atoms with van der Waals surface area (Å²) < 4.78 is 2.31. The fraction of sp³-hybridized carbons (Fsp3) is 0. The van der Waals surface area contributed by atoms with E-state index in [1.54, 1.807) is 18.2 Å². The van der Waals surface area contributed by atoms with Crippen molar-refractivity contribution >= 4 is 27.5 Å². The van der Waals surface area contributed by atoms with Crippen LogP contribution in [0.1, 0.15) is 0 Å². The fourth-order valence-corrected chi connectivity index (χ4v) is 1.94. The number of aromatic amines is 1. The van der Waals surface area contributed by atoms with Crippen LogP contribution in [0.4, 0.5) is 0 Å². The molecule has 0 saturated carbocycles. The molecular weight excluding hydrogens is 269 g/mol. The molecule has 0 bridgehead atoms. The molecule has 0 saturated heterocycles. The van der Waals surface area contributed by atoms with Crippen LogP contribution in [0.2, 0.25) is 5.02 Å². The van der Waals surface area contributed by atoms with Crippen molar-refractivity contribution in [3.63, 3.8) is 0 Å². The zero-order valence-electron chi connectivity index (χ0n) is 6.87. The summed E-state index contributed by atoms with van der Waals surface area (Å²) in [6.07, 6.45) is 1.41. The first-order valence-electron chi connectivity index (χ1n) is 3.76. The molecule has 1 aromatic heterocycles. The van der Waals surface area contributed by atoms with Gasteiger partial charge in [0.25, 0.3) is 0 Å². The molecule has 0 aliphatic rings. The average Bonchev–Trinajstić information content (AvgIpc) is 2.51. The Kier molecular flexibility index (Phi) is 2.43. The van der Waals surface area contributed by atoms with Crippen molar-refractivity contribution in [1.82, 2.24) is 14.8 Å². The summed E-state index contributed by atoms with van der Waals surface area (Å²) in [6, 6.07) is 5.26. The van der Waals surface area contributed by atoms with E-state index in [-0.39, 0.29) is 5.69 Å². The van der Waals surface area contributed by atoms with Crippen molar-refractivity contribution in [2.45, 2.75) is 0 Å². The molecule has 0 fully saturated rings. The standard InChI is InChI=1S/C8H5BrClN3O/c9-6-3-5(10)1-2-7(6)13-4-11-8(14)12-13/h1-4H,(H,12,14). The van der Waals surface area contributed by atoms with Crippen molar-refractivity contribution in [2.75, 3.05) is 0 Å². The van der Waals surface area contributed by atoms with Crippen LogP contribution in [0.5, 0.6) is 0 Å². The maximum atomic E-state index is 10.8. The van der Waals surface area contributed by atoms with Crippen molar-refractivity contribution in [3.05, 3.63) is 44.5 Å². The maximum Gasteiger partial charge on any atom is 0.361 e. The number of aromatic nitrogens is 3. The molecule has 2 rings (SSSR count). The van der Waals surface area contributed by atoms with Crippen LogP contribution >= 0.6 is 27.5 Å². The van der Waals surface area contributed by atoms with Gasteiger partial charge in [-0.15, -0.1) is 0 Å². The topological polar surface area (TPSA) is 50.7 Å². The number of hydrogen-bond acceptors (Lipinski definition) is 2. The van der Waals surface area contributed by atoms with E-state index in [1.165, 1.54) is 11.0 Å². The predicted octanol–water partition coefficient (Wildman–Crippen LogP) is 1.98. The fourth-order valence-electron chi connectivity index (χ4n) is 1.07. The van der Waals surface area contributed by atoms with Crippen LogP contribution in [0, 0.1) is 0 Å². The van der Waals surface area contributed by atoms with Gasteiger partial charge in [-0.3, -0.25) is 0 Å². The van der Waals surface area contributed by atoms with Crippen molar-refractivity contribution in [1.29, 1.82) is 0 Å². The van der Waals surface area contributed by atoms with Gasteiger partial charge in [0.15, 0.2) is 0 Å². The summed E-state index contributed by atoms with van der Waals surface area (Å²) in [5, 5.41) is 3.16. The molecule has 0 spiro atoms. The molecule has 4 nitrogen and oxygen atoms in total. The number of benzene rings is 1. The third-order valence-electron chi connectivity index (χ3n) is 1.68. The Hall–Kier alpha value is -1.07. The first-order valence-corrected chi connectivity index (χ1v) is 4.93. The molecule has 0 amide bonds. The highest BCUT2D eigenvalue weighted by Crippen LogP contribution is 2.23. The summed E-state index contributed by atoms with van der Waals surface area (Å²) in [5.74, 6) is 0. The summed E-state index contributed by atoms with van der Waals surface area (Å²) in [6.45, 7) is 0. The predicted molar refractivity (Wildman–Crippen MR) is 56.9 cm³/mol. The monoisotopic (exact) mass is 273 g/mol. The molecule has 1 heterocycles. The molecule has 72 valence electrons. The number of halogens is 2. The molecular formula is C8H5BrClN3O. The molecule has 0 unspecified atom stereocenters. The van der Waals surface area contributed by atoms with Crippen molar-refractivity contribution in [2.24, 2.45) is 0 Å². The van der Waals surface area contributed by atoms with Gasteiger partial charge in [0, 0.05) is 9.50 Å². The van der Waals surface area contributed by atoms with Crippen molar-refractivity contribution < 1.29 is 0 Å². The molecule has 1 N–H and O–H groups in total. The molecule has 2 aromatic rings. The van der Waals surface area contributed by atoms with E-state index in [4.69, 9.17) is 11.6 Å². The SMILES string of the molecule is O=c1ncn(-c2ccc(Cl)cc2Br)[nH]1. The number of rotatable bonds is 1. The Morgan fingerprint density at radius 2 is 2.29 bits per heavy atom. The zero-order chi connectivity index (χ0) is 10.1. The van der Waals surface area contributed by atoms with Crippen molar-refractivity contribution in [3.8, 4) is 5.69 Å². The average molecular weight is 275 g/mol. The van der Waals surface area contributed by atoms with Crippen LogP contribution < -0.4 is 5.69 Å². The van der Waals surface area contributed by atoms with Gasteiger partial charge in [-0.05, 0) is 34.1 Å². The van der Waals surface area contributed by atoms with Crippen LogP contribution in [0.25, 0.3) is 5.69 Å². The van der Waals surface area contributed by atoms with Gasteiger partial charge in [0.05, 0.1) is 5.69 Å². The van der Waals surface area contributed by atoms with E-state index in [0.717, 1.165) is 10.2 Å².